The lowest BCUT2D eigenvalue weighted by atomic mass is 9.90. The van der Waals surface area contributed by atoms with E-state index in [1.165, 1.54) is 7.11 Å². The molecule has 0 radical (unpaired) electrons. The molecule has 0 saturated carbocycles. The van der Waals surface area contributed by atoms with Crippen molar-refractivity contribution in [2.45, 2.75) is 70.6 Å². The number of fused-ring (bicyclic) bond motifs is 2. The van der Waals surface area contributed by atoms with Crippen LogP contribution in [0, 0.1) is 6.92 Å². The van der Waals surface area contributed by atoms with Crippen LogP contribution < -0.4 is 0 Å². The Morgan fingerprint density at radius 3 is 2.39 bits per heavy atom. The summed E-state index contributed by atoms with van der Waals surface area (Å²) in [5.74, 6) is -0.717. The van der Waals surface area contributed by atoms with E-state index >= 15 is 0 Å². The Morgan fingerprint density at radius 1 is 1.02 bits per heavy atom. The van der Waals surface area contributed by atoms with E-state index in [4.69, 9.17) is 31.2 Å². The van der Waals surface area contributed by atoms with Gasteiger partial charge in [-0.1, -0.05) is 23.7 Å². The number of carbonyl (C=O) groups is 2. The van der Waals surface area contributed by atoms with Crippen molar-refractivity contribution < 1.29 is 24.2 Å². The number of aromatic nitrogens is 3. The highest BCUT2D eigenvalue weighted by molar-refractivity contribution is 7.22. The number of rotatable bonds is 7. The van der Waals surface area contributed by atoms with E-state index in [1.54, 1.807) is 16.2 Å². The predicted molar refractivity (Wildman–Crippen MR) is 202 cm³/mol. The Labute approximate surface area is 306 Å². The minimum absolute atomic E-state index is 0.243. The van der Waals surface area contributed by atoms with E-state index in [2.05, 4.69) is 23.1 Å². The van der Waals surface area contributed by atoms with Crippen LogP contribution in [0.5, 0.6) is 0 Å². The molecule has 2 atom stereocenters. The summed E-state index contributed by atoms with van der Waals surface area (Å²) in [6.07, 6.45) is 1.55. The molecule has 268 valence electrons. The molecule has 1 unspecified atom stereocenters. The van der Waals surface area contributed by atoms with Crippen molar-refractivity contribution in [1.82, 2.24) is 24.6 Å². The quantitative estimate of drug-likeness (QED) is 0.178. The Bertz CT molecular complexity index is 2110. The second-order valence-corrected chi connectivity index (χ2v) is 16.1. The highest BCUT2D eigenvalue weighted by atomic mass is 35.5. The number of amides is 1. The number of aliphatic carboxylic acids is 1. The van der Waals surface area contributed by atoms with Gasteiger partial charge in [0, 0.05) is 59.2 Å². The van der Waals surface area contributed by atoms with Gasteiger partial charge in [-0.15, -0.1) is 11.3 Å². The fraction of sp³-hybridized carbons (Fsp3) is 0.436. The van der Waals surface area contributed by atoms with E-state index in [1.807, 2.05) is 69.8 Å². The average Bonchev–Trinajstić information content (AvgIpc) is 3.84. The van der Waals surface area contributed by atoms with Gasteiger partial charge in [0.2, 0.25) is 0 Å². The molecule has 2 fully saturated rings. The lowest BCUT2D eigenvalue weighted by Gasteiger charge is -2.35. The molecule has 0 aliphatic carbocycles. The molecule has 0 bridgehead atoms. The van der Waals surface area contributed by atoms with Gasteiger partial charge in [-0.3, -0.25) is 9.58 Å². The van der Waals surface area contributed by atoms with E-state index in [9.17, 15) is 14.7 Å². The van der Waals surface area contributed by atoms with Crippen molar-refractivity contribution in [2.75, 3.05) is 33.3 Å². The van der Waals surface area contributed by atoms with Gasteiger partial charge < -0.3 is 19.5 Å². The third kappa shape index (κ3) is 6.96. The zero-order valence-electron chi connectivity index (χ0n) is 29.9. The molecule has 5 aromatic rings. The third-order valence-corrected chi connectivity index (χ3v) is 11.6. The smallest absolute Gasteiger partial charge is 0.409 e. The maximum absolute atomic E-state index is 12.8. The Balaban J connectivity index is 1.24. The summed E-state index contributed by atoms with van der Waals surface area (Å²) in [5, 5.41) is 18.1. The van der Waals surface area contributed by atoms with Crippen LogP contribution in [-0.2, 0) is 21.3 Å². The first-order chi connectivity index (χ1) is 24.3. The largest absolute Gasteiger partial charge is 0.479 e. The Hall–Kier alpha value is -4.03. The molecule has 2 aliphatic rings. The zero-order chi connectivity index (χ0) is 36.2. The lowest BCUT2D eigenvalue weighted by Crippen LogP contribution is -2.43. The highest BCUT2D eigenvalue weighted by Gasteiger charge is 2.35. The van der Waals surface area contributed by atoms with Gasteiger partial charge in [-0.05, 0) is 108 Å². The van der Waals surface area contributed by atoms with Gasteiger partial charge >= 0.3 is 12.1 Å². The number of hydrogen-bond donors (Lipinski definition) is 1. The summed E-state index contributed by atoms with van der Waals surface area (Å²) in [7, 11) is 3.44. The van der Waals surface area contributed by atoms with E-state index in [0.29, 0.717) is 22.5 Å². The van der Waals surface area contributed by atoms with Crippen LogP contribution in [0.3, 0.4) is 0 Å². The number of carbonyl (C=O) groups excluding carboxylic acids is 1. The summed E-state index contributed by atoms with van der Waals surface area (Å²) in [4.78, 5) is 34.3. The molecule has 12 heteroatoms. The van der Waals surface area contributed by atoms with Gasteiger partial charge in [0.25, 0.3) is 0 Å². The van der Waals surface area contributed by atoms with Gasteiger partial charge in [-0.2, -0.15) is 5.10 Å². The van der Waals surface area contributed by atoms with Crippen molar-refractivity contribution in [3.05, 3.63) is 70.4 Å². The van der Waals surface area contributed by atoms with Gasteiger partial charge in [0.05, 0.1) is 34.1 Å². The number of piperidine rings is 1. The normalized spacial score (nSPS) is 18.2. The average molecular weight is 730 g/mol. The van der Waals surface area contributed by atoms with Crippen molar-refractivity contribution in [3.63, 3.8) is 0 Å². The maximum atomic E-state index is 12.8. The number of carboxylic acids is 1. The number of nitrogens with zero attached hydrogens (tertiary/aromatic N) is 5. The molecular formula is C39H44ClN5O5S. The van der Waals surface area contributed by atoms with E-state index in [0.717, 1.165) is 99.5 Å². The Morgan fingerprint density at radius 2 is 1.73 bits per heavy atom. The topological polar surface area (TPSA) is 110 Å². The molecule has 1 amide bonds. The number of carboxylic acid groups (broad SMARTS) is 1. The summed E-state index contributed by atoms with van der Waals surface area (Å²) in [5.41, 5.74) is 6.37. The Kier molecular flexibility index (Phi) is 9.60. The van der Waals surface area contributed by atoms with Gasteiger partial charge in [0.15, 0.2) is 6.10 Å². The lowest BCUT2D eigenvalue weighted by molar-refractivity contribution is -0.160. The van der Waals surface area contributed by atoms with Crippen molar-refractivity contribution in [2.24, 2.45) is 7.05 Å². The van der Waals surface area contributed by atoms with Crippen LogP contribution in [-0.4, -0.2) is 86.7 Å². The molecular weight excluding hydrogens is 686 g/mol. The summed E-state index contributed by atoms with van der Waals surface area (Å²) in [6, 6.07) is 16.3. The summed E-state index contributed by atoms with van der Waals surface area (Å²) >= 11 is 7.85. The molecule has 10 nitrogen and oxygen atoms in total. The summed E-state index contributed by atoms with van der Waals surface area (Å²) < 4.78 is 14.0. The third-order valence-electron chi connectivity index (χ3n) is 10.2. The molecule has 2 aliphatic heterocycles. The van der Waals surface area contributed by atoms with Crippen LogP contribution in [0.25, 0.3) is 42.8 Å². The molecule has 3 aromatic carbocycles. The van der Waals surface area contributed by atoms with Crippen LogP contribution >= 0.6 is 22.9 Å². The second kappa shape index (κ2) is 13.8. The number of methoxy groups -OCH3 is 1. The molecule has 1 N–H and O–H groups in total. The van der Waals surface area contributed by atoms with Crippen molar-refractivity contribution in [3.8, 4) is 21.7 Å². The van der Waals surface area contributed by atoms with E-state index < -0.39 is 17.7 Å². The highest BCUT2D eigenvalue weighted by Crippen LogP contribution is 2.45. The zero-order valence-corrected chi connectivity index (χ0v) is 31.5. The predicted octanol–water partition coefficient (Wildman–Crippen LogP) is 8.44. The first-order valence-corrected chi connectivity index (χ1v) is 18.6. The van der Waals surface area contributed by atoms with Crippen molar-refractivity contribution >= 4 is 56.1 Å². The number of benzene rings is 3. The van der Waals surface area contributed by atoms with Crippen LogP contribution in [0.15, 0.2) is 48.5 Å². The van der Waals surface area contributed by atoms with Crippen molar-refractivity contribution in [1.29, 1.82) is 0 Å². The molecule has 2 saturated heterocycles. The summed E-state index contributed by atoms with van der Waals surface area (Å²) in [6.45, 7) is 10.9. The SMILES string of the molecule is COC(=O)N1CCC(N2CCC(c3nn(C)c4ccc(-c5nc6cc(C)c([C@H](OC(C)(C)C)C(=O)O)c(-c7ccc(Cl)cc7)c6s5)cc34)CC2)C1. The first kappa shape index (κ1) is 35.4. The minimum atomic E-state index is -1.17. The maximum Gasteiger partial charge on any atom is 0.409 e. The fourth-order valence-corrected chi connectivity index (χ4v) is 9.01. The number of hydrogen-bond acceptors (Lipinski definition) is 8. The van der Waals surface area contributed by atoms with Gasteiger partial charge in [-0.25, -0.2) is 14.6 Å². The number of aryl methyl sites for hydroxylation is 2. The number of likely N-dealkylation sites (tertiary alicyclic amines) is 2. The van der Waals surface area contributed by atoms with E-state index in [-0.39, 0.29) is 6.09 Å². The number of thiazole rings is 1. The number of halogens is 1. The molecule has 0 spiro atoms. The van der Waals surface area contributed by atoms with Crippen LogP contribution in [0.4, 0.5) is 4.79 Å². The molecule has 2 aromatic heterocycles. The molecule has 4 heterocycles. The van der Waals surface area contributed by atoms with Crippen LogP contribution in [0.2, 0.25) is 5.02 Å². The standard InChI is InChI=1S/C39H44ClN5O5S/c1-22-19-29-35(32(23-7-10-26(40)11-8-23)31(22)34(37(46)47)50-39(2,3)4)51-36(41-29)25-9-12-30-28(20-25)33(42-43(30)5)24-13-16-44(17-14-24)27-15-18-45(21-27)38(48)49-6/h7-12,19-20,24,27,34H,13-18,21H2,1-6H3,(H,46,47)/t27?,34-/m0/s1. The van der Waals surface area contributed by atoms with Gasteiger partial charge in [0.1, 0.15) is 5.01 Å². The molecule has 7 rings (SSSR count). The molecule has 51 heavy (non-hydrogen) atoms. The fourth-order valence-electron chi connectivity index (χ4n) is 7.76. The monoisotopic (exact) mass is 729 g/mol. The second-order valence-electron chi connectivity index (χ2n) is 14.7. The minimum Gasteiger partial charge on any atom is -0.479 e. The van der Waals surface area contributed by atoms with Crippen LogP contribution in [0.1, 0.15) is 68.9 Å². The number of ether oxygens (including phenoxy) is 2. The first-order valence-electron chi connectivity index (χ1n) is 17.5.